The Labute approximate surface area is 174 Å². The van der Waals surface area contributed by atoms with E-state index in [-0.39, 0.29) is 11.1 Å². The minimum Gasteiger partial charge on any atom is -0.368 e. The molecule has 1 aliphatic rings. The van der Waals surface area contributed by atoms with Gasteiger partial charge in [0, 0.05) is 46.6 Å². The number of hydrogen-bond donors (Lipinski definition) is 2. The minimum absolute atomic E-state index is 0.0866. The first-order valence-electron chi connectivity index (χ1n) is 10.4. The maximum Gasteiger partial charge on any atom is 0.0726 e. The fourth-order valence-corrected chi connectivity index (χ4v) is 4.68. The van der Waals surface area contributed by atoms with E-state index in [1.54, 1.807) is 0 Å². The second kappa shape index (κ2) is 7.03. The SMILES string of the molecule is Cc1nc2ccccc2c(Nc2ccc(N3CC(C)(C)NC(C)(C)C3)cc2)c1C. The second-order valence-electron chi connectivity index (χ2n) is 9.64. The quantitative estimate of drug-likeness (QED) is 0.616. The summed E-state index contributed by atoms with van der Waals surface area (Å²) in [5.74, 6) is 0. The van der Waals surface area contributed by atoms with Gasteiger partial charge in [0.15, 0.2) is 0 Å². The molecule has 29 heavy (non-hydrogen) atoms. The van der Waals surface area contributed by atoms with Gasteiger partial charge in [-0.3, -0.25) is 4.98 Å². The summed E-state index contributed by atoms with van der Waals surface area (Å²) in [5, 5.41) is 8.55. The molecule has 2 aromatic carbocycles. The van der Waals surface area contributed by atoms with Gasteiger partial charge in [-0.2, -0.15) is 0 Å². The van der Waals surface area contributed by atoms with Crippen molar-refractivity contribution in [3.63, 3.8) is 0 Å². The Balaban J connectivity index is 1.62. The number of nitrogens with zero attached hydrogens (tertiary/aromatic N) is 2. The van der Waals surface area contributed by atoms with E-state index in [1.807, 2.05) is 6.07 Å². The highest BCUT2D eigenvalue weighted by Gasteiger charge is 2.36. The van der Waals surface area contributed by atoms with Crippen molar-refractivity contribution in [2.75, 3.05) is 23.3 Å². The van der Waals surface area contributed by atoms with Crippen molar-refractivity contribution in [2.24, 2.45) is 0 Å². The molecule has 0 amide bonds. The van der Waals surface area contributed by atoms with Crippen molar-refractivity contribution in [3.8, 4) is 0 Å². The van der Waals surface area contributed by atoms with Crippen LogP contribution in [0.2, 0.25) is 0 Å². The molecule has 1 saturated heterocycles. The summed E-state index contributed by atoms with van der Waals surface area (Å²) in [4.78, 5) is 7.21. The van der Waals surface area contributed by atoms with Crippen molar-refractivity contribution < 1.29 is 0 Å². The Hall–Kier alpha value is -2.59. The van der Waals surface area contributed by atoms with Gasteiger partial charge in [-0.1, -0.05) is 18.2 Å². The molecule has 2 N–H and O–H groups in total. The van der Waals surface area contributed by atoms with E-state index in [0.29, 0.717) is 0 Å². The zero-order chi connectivity index (χ0) is 20.8. The predicted molar refractivity (Wildman–Crippen MR) is 124 cm³/mol. The van der Waals surface area contributed by atoms with Crippen LogP contribution >= 0.6 is 0 Å². The summed E-state index contributed by atoms with van der Waals surface area (Å²) in [6.07, 6.45) is 0. The third kappa shape index (κ3) is 4.08. The summed E-state index contributed by atoms with van der Waals surface area (Å²) < 4.78 is 0. The normalized spacial score (nSPS) is 18.1. The van der Waals surface area contributed by atoms with Gasteiger partial charge in [-0.15, -0.1) is 0 Å². The summed E-state index contributed by atoms with van der Waals surface area (Å²) >= 11 is 0. The molecule has 152 valence electrons. The highest BCUT2D eigenvalue weighted by Crippen LogP contribution is 2.32. The Morgan fingerprint density at radius 1 is 0.897 bits per heavy atom. The molecule has 0 saturated carbocycles. The molecular weight excluding hydrogens is 356 g/mol. The molecule has 3 aromatic rings. The zero-order valence-corrected chi connectivity index (χ0v) is 18.4. The molecule has 2 heterocycles. The van der Waals surface area contributed by atoms with Crippen molar-refractivity contribution in [1.29, 1.82) is 0 Å². The molecule has 1 fully saturated rings. The van der Waals surface area contributed by atoms with E-state index in [0.717, 1.165) is 41.1 Å². The number of anilines is 3. The molecule has 1 aromatic heterocycles. The van der Waals surface area contributed by atoms with E-state index in [2.05, 4.69) is 99.5 Å². The smallest absolute Gasteiger partial charge is 0.0726 e. The first kappa shape index (κ1) is 19.7. The number of rotatable bonds is 3. The first-order chi connectivity index (χ1) is 13.6. The molecule has 4 nitrogen and oxygen atoms in total. The Morgan fingerprint density at radius 3 is 2.17 bits per heavy atom. The van der Waals surface area contributed by atoms with Crippen LogP contribution in [0.4, 0.5) is 17.1 Å². The number of nitrogens with one attached hydrogen (secondary N) is 2. The Morgan fingerprint density at radius 2 is 1.52 bits per heavy atom. The average Bonchev–Trinajstić information content (AvgIpc) is 2.63. The summed E-state index contributed by atoms with van der Waals surface area (Å²) in [6, 6.07) is 17.1. The molecule has 1 aliphatic heterocycles. The molecule has 0 radical (unpaired) electrons. The maximum atomic E-state index is 4.73. The van der Waals surface area contributed by atoms with Crippen LogP contribution in [-0.2, 0) is 0 Å². The van der Waals surface area contributed by atoms with Gasteiger partial charge in [0.2, 0.25) is 0 Å². The monoisotopic (exact) mass is 388 g/mol. The highest BCUT2D eigenvalue weighted by atomic mass is 15.3. The molecular formula is C25H32N4. The lowest BCUT2D eigenvalue weighted by atomic mass is 9.91. The predicted octanol–water partition coefficient (Wildman–Crippen LogP) is 5.56. The van der Waals surface area contributed by atoms with Crippen LogP contribution in [0.15, 0.2) is 48.5 Å². The average molecular weight is 389 g/mol. The van der Waals surface area contributed by atoms with Crippen LogP contribution in [0.1, 0.15) is 39.0 Å². The summed E-state index contributed by atoms with van der Waals surface area (Å²) in [5.41, 5.74) is 6.97. The molecule has 4 heteroatoms. The van der Waals surface area contributed by atoms with Crippen molar-refractivity contribution in [2.45, 2.75) is 52.6 Å². The molecule has 0 unspecified atom stereocenters. The molecule has 4 rings (SSSR count). The van der Waals surface area contributed by atoms with Crippen molar-refractivity contribution in [3.05, 3.63) is 59.8 Å². The molecule has 0 aliphatic carbocycles. The van der Waals surface area contributed by atoms with Gasteiger partial charge >= 0.3 is 0 Å². The van der Waals surface area contributed by atoms with Gasteiger partial charge in [0.25, 0.3) is 0 Å². The lowest BCUT2D eigenvalue weighted by Gasteiger charge is -2.49. The number of fused-ring (bicyclic) bond motifs is 1. The summed E-state index contributed by atoms with van der Waals surface area (Å²) in [6.45, 7) is 15.3. The number of para-hydroxylation sites is 1. The summed E-state index contributed by atoms with van der Waals surface area (Å²) in [7, 11) is 0. The Bertz CT molecular complexity index is 1020. The minimum atomic E-state index is 0.0866. The number of aryl methyl sites for hydroxylation is 1. The molecule has 0 atom stereocenters. The van der Waals surface area contributed by atoms with Crippen LogP contribution in [0, 0.1) is 13.8 Å². The third-order valence-electron chi connectivity index (χ3n) is 5.73. The zero-order valence-electron chi connectivity index (χ0n) is 18.4. The van der Waals surface area contributed by atoms with Gasteiger partial charge in [0.05, 0.1) is 11.2 Å². The van der Waals surface area contributed by atoms with E-state index >= 15 is 0 Å². The van der Waals surface area contributed by atoms with Crippen LogP contribution in [0.5, 0.6) is 0 Å². The van der Waals surface area contributed by atoms with Gasteiger partial charge in [0.1, 0.15) is 0 Å². The van der Waals surface area contributed by atoms with Crippen molar-refractivity contribution in [1.82, 2.24) is 10.3 Å². The third-order valence-corrected chi connectivity index (χ3v) is 5.73. The van der Waals surface area contributed by atoms with Gasteiger partial charge in [-0.05, 0) is 77.4 Å². The van der Waals surface area contributed by atoms with E-state index in [4.69, 9.17) is 4.98 Å². The second-order valence-corrected chi connectivity index (χ2v) is 9.64. The van der Waals surface area contributed by atoms with Crippen LogP contribution < -0.4 is 15.5 Å². The van der Waals surface area contributed by atoms with Crippen LogP contribution in [0.3, 0.4) is 0 Å². The standard InChI is InChI=1S/C25H32N4/c1-17-18(2)26-22-10-8-7-9-21(22)23(17)27-19-11-13-20(14-12-19)29-15-24(3,4)28-25(5,6)16-29/h7-14,28H,15-16H2,1-6H3,(H,26,27). The first-order valence-corrected chi connectivity index (χ1v) is 10.4. The van der Waals surface area contributed by atoms with Gasteiger partial charge < -0.3 is 15.5 Å². The lowest BCUT2D eigenvalue weighted by molar-refractivity contribution is 0.226. The number of hydrogen-bond acceptors (Lipinski definition) is 4. The molecule has 0 spiro atoms. The largest absolute Gasteiger partial charge is 0.368 e. The number of pyridine rings is 1. The van der Waals surface area contributed by atoms with Gasteiger partial charge in [-0.25, -0.2) is 0 Å². The fourth-order valence-electron chi connectivity index (χ4n) is 4.68. The Kier molecular flexibility index (Phi) is 4.78. The fraction of sp³-hybridized carbons (Fsp3) is 0.400. The lowest BCUT2D eigenvalue weighted by Crippen LogP contribution is -2.66. The maximum absolute atomic E-state index is 4.73. The highest BCUT2D eigenvalue weighted by molar-refractivity contribution is 5.95. The van der Waals surface area contributed by atoms with E-state index < -0.39 is 0 Å². The van der Waals surface area contributed by atoms with Crippen molar-refractivity contribution >= 4 is 28.0 Å². The topological polar surface area (TPSA) is 40.2 Å². The van der Waals surface area contributed by atoms with Crippen LogP contribution in [-0.4, -0.2) is 29.2 Å². The van der Waals surface area contributed by atoms with E-state index in [9.17, 15) is 0 Å². The molecule has 0 bridgehead atoms. The number of piperazine rings is 1. The van der Waals surface area contributed by atoms with E-state index in [1.165, 1.54) is 11.3 Å². The number of benzene rings is 2. The van der Waals surface area contributed by atoms with Crippen LogP contribution in [0.25, 0.3) is 10.9 Å². The number of aromatic nitrogens is 1.